The number of aromatic nitrogens is 3. The molecule has 0 atom stereocenters. The van der Waals surface area contributed by atoms with Gasteiger partial charge in [-0.3, -0.25) is 4.79 Å². The first-order valence-electron chi connectivity index (χ1n) is 8.48. The minimum atomic E-state index is -0.375. The second-order valence-corrected chi connectivity index (χ2v) is 6.12. The molecule has 140 valence electrons. The summed E-state index contributed by atoms with van der Waals surface area (Å²) in [5, 5.41) is 10.9. The van der Waals surface area contributed by atoms with Gasteiger partial charge in [-0.1, -0.05) is 0 Å². The Labute approximate surface area is 159 Å². The topological polar surface area (TPSA) is 80.1 Å². The number of hydrogen-bond acceptors (Lipinski definition) is 4. The Morgan fingerprint density at radius 3 is 2.32 bits per heavy atom. The van der Waals surface area contributed by atoms with Crippen LogP contribution in [0, 0.1) is 5.82 Å². The molecule has 28 heavy (non-hydrogen) atoms. The smallest absolute Gasteiger partial charge is 0.248 e. The van der Waals surface area contributed by atoms with E-state index in [0.717, 1.165) is 4.73 Å². The van der Waals surface area contributed by atoms with Gasteiger partial charge in [0.1, 0.15) is 23.0 Å². The van der Waals surface area contributed by atoms with Gasteiger partial charge < -0.3 is 14.9 Å². The zero-order valence-corrected chi connectivity index (χ0v) is 14.9. The van der Waals surface area contributed by atoms with Crippen LogP contribution in [0.2, 0.25) is 0 Å². The normalized spacial score (nSPS) is 10.8. The first kappa shape index (κ1) is 17.5. The van der Waals surface area contributed by atoms with Gasteiger partial charge in [-0.15, -0.1) is 0 Å². The number of pyridine rings is 1. The summed E-state index contributed by atoms with van der Waals surface area (Å²) in [5.74, 6) is 0.589. The van der Waals surface area contributed by atoms with Gasteiger partial charge in [-0.25, -0.2) is 9.37 Å². The Morgan fingerprint density at radius 1 is 1.00 bits per heavy atom. The van der Waals surface area contributed by atoms with Crippen LogP contribution in [0.1, 0.15) is 0 Å². The number of methoxy groups -OCH3 is 1. The van der Waals surface area contributed by atoms with Crippen molar-refractivity contribution < 1.29 is 14.3 Å². The van der Waals surface area contributed by atoms with Gasteiger partial charge in [0.05, 0.1) is 7.11 Å². The number of rotatable bonds is 4. The Hall–Kier alpha value is -3.87. The second kappa shape index (κ2) is 7.03. The number of hydrogen-bond donors (Lipinski definition) is 2. The van der Waals surface area contributed by atoms with Gasteiger partial charge in [0.2, 0.25) is 5.56 Å². The van der Waals surface area contributed by atoms with Crippen LogP contribution < -0.4 is 10.3 Å². The highest BCUT2D eigenvalue weighted by molar-refractivity contribution is 5.81. The maximum Gasteiger partial charge on any atom is 0.248 e. The van der Waals surface area contributed by atoms with E-state index in [1.807, 2.05) is 0 Å². The van der Waals surface area contributed by atoms with E-state index in [0.29, 0.717) is 33.8 Å². The van der Waals surface area contributed by atoms with Crippen LogP contribution in [0.5, 0.6) is 5.75 Å². The Balaban J connectivity index is 1.95. The third kappa shape index (κ3) is 3.14. The van der Waals surface area contributed by atoms with E-state index in [-0.39, 0.29) is 17.2 Å². The highest BCUT2D eigenvalue weighted by Gasteiger charge is 2.21. The molecule has 0 fully saturated rings. The third-order valence-corrected chi connectivity index (χ3v) is 4.37. The van der Waals surface area contributed by atoms with Crippen LogP contribution in [-0.4, -0.2) is 27.0 Å². The summed E-state index contributed by atoms with van der Waals surface area (Å²) in [6.07, 6.45) is 1.49. The number of benzene rings is 2. The molecule has 6 nitrogen and oxygen atoms in total. The first-order chi connectivity index (χ1) is 13.6. The fraction of sp³-hybridized carbons (Fsp3) is 0.0476. The van der Waals surface area contributed by atoms with Crippen molar-refractivity contribution in [1.29, 1.82) is 0 Å². The van der Waals surface area contributed by atoms with Gasteiger partial charge in [-0.05, 0) is 54.6 Å². The molecule has 0 saturated carbocycles. The lowest BCUT2D eigenvalue weighted by molar-refractivity contribution is 0.195. The number of halogens is 1. The first-order valence-corrected chi connectivity index (χ1v) is 8.48. The van der Waals surface area contributed by atoms with Crippen LogP contribution in [0.3, 0.4) is 0 Å². The summed E-state index contributed by atoms with van der Waals surface area (Å²) in [5.41, 5.74) is 2.21. The zero-order valence-electron chi connectivity index (χ0n) is 14.9. The van der Waals surface area contributed by atoms with E-state index < -0.39 is 0 Å². The molecule has 0 aliphatic heterocycles. The molecule has 0 aliphatic carbocycles. The van der Waals surface area contributed by atoms with Crippen molar-refractivity contribution in [2.75, 3.05) is 7.11 Å². The van der Waals surface area contributed by atoms with E-state index in [2.05, 4.69) is 9.97 Å². The summed E-state index contributed by atoms with van der Waals surface area (Å²) >= 11 is 0. The number of aromatic amines is 1. The highest BCUT2D eigenvalue weighted by Crippen LogP contribution is 2.35. The minimum absolute atomic E-state index is 0.289. The molecular weight excluding hydrogens is 361 g/mol. The average molecular weight is 377 g/mol. The largest absolute Gasteiger partial charge is 0.497 e. The molecule has 0 unspecified atom stereocenters. The van der Waals surface area contributed by atoms with Crippen molar-refractivity contribution in [2.45, 2.75) is 0 Å². The molecule has 0 amide bonds. The number of nitrogens with one attached hydrogen (secondary N) is 1. The minimum Gasteiger partial charge on any atom is -0.497 e. The molecule has 7 heteroatoms. The predicted molar refractivity (Wildman–Crippen MR) is 103 cm³/mol. The maximum absolute atomic E-state index is 13.4. The molecule has 2 aromatic carbocycles. The van der Waals surface area contributed by atoms with Gasteiger partial charge >= 0.3 is 0 Å². The molecule has 4 aromatic rings. The Bertz CT molecular complexity index is 1180. The molecule has 0 saturated heterocycles. The molecule has 0 radical (unpaired) electrons. The lowest BCUT2D eigenvalue weighted by atomic mass is 10.1. The molecule has 2 heterocycles. The molecule has 2 aromatic heterocycles. The monoisotopic (exact) mass is 377 g/mol. The summed E-state index contributed by atoms with van der Waals surface area (Å²) in [6.45, 7) is 0. The van der Waals surface area contributed by atoms with E-state index in [1.165, 1.54) is 24.4 Å². The van der Waals surface area contributed by atoms with Crippen molar-refractivity contribution in [1.82, 2.24) is 14.7 Å². The number of ether oxygens (including phenoxy) is 1. The Kier molecular flexibility index (Phi) is 4.41. The van der Waals surface area contributed by atoms with Crippen molar-refractivity contribution >= 4 is 0 Å². The van der Waals surface area contributed by atoms with Gasteiger partial charge in [0, 0.05) is 29.0 Å². The summed E-state index contributed by atoms with van der Waals surface area (Å²) < 4.78 is 19.5. The van der Waals surface area contributed by atoms with E-state index in [4.69, 9.17) is 4.74 Å². The lowest BCUT2D eigenvalue weighted by Gasteiger charge is -2.06. The molecule has 0 aliphatic rings. The van der Waals surface area contributed by atoms with Crippen LogP contribution in [0.15, 0.2) is 71.7 Å². The second-order valence-electron chi connectivity index (χ2n) is 6.12. The van der Waals surface area contributed by atoms with E-state index in [1.54, 1.807) is 49.6 Å². The third-order valence-electron chi connectivity index (χ3n) is 4.37. The van der Waals surface area contributed by atoms with Gasteiger partial charge in [0.25, 0.3) is 0 Å². The number of nitrogens with zero attached hydrogens (tertiary/aromatic N) is 2. The molecule has 2 N–H and O–H groups in total. The van der Waals surface area contributed by atoms with Crippen molar-refractivity contribution in [3.63, 3.8) is 0 Å². The van der Waals surface area contributed by atoms with Crippen molar-refractivity contribution in [3.05, 3.63) is 83.0 Å². The summed E-state index contributed by atoms with van der Waals surface area (Å²) in [7, 11) is 1.57. The summed E-state index contributed by atoms with van der Waals surface area (Å²) in [4.78, 5) is 18.9. The molecule has 0 bridgehead atoms. The van der Waals surface area contributed by atoms with Crippen LogP contribution in [0.25, 0.3) is 33.9 Å². The van der Waals surface area contributed by atoms with Gasteiger partial charge in [-0.2, -0.15) is 4.73 Å². The molecule has 0 spiro atoms. The fourth-order valence-corrected chi connectivity index (χ4v) is 3.00. The van der Waals surface area contributed by atoms with Crippen LogP contribution in [0.4, 0.5) is 4.39 Å². The van der Waals surface area contributed by atoms with E-state index >= 15 is 0 Å². The average Bonchev–Trinajstić information content (AvgIpc) is 3.06. The lowest BCUT2D eigenvalue weighted by Crippen LogP contribution is -2.04. The number of imidazole rings is 1. The molecule has 4 rings (SSSR count). The molecular formula is C21H16FN3O3. The van der Waals surface area contributed by atoms with Gasteiger partial charge in [0.15, 0.2) is 5.82 Å². The summed E-state index contributed by atoms with van der Waals surface area (Å²) in [6, 6.07) is 15.9. The quantitative estimate of drug-likeness (QED) is 0.528. The zero-order chi connectivity index (χ0) is 19.7. The van der Waals surface area contributed by atoms with E-state index in [9.17, 15) is 14.4 Å². The number of H-pyrrole nitrogens is 1. The predicted octanol–water partition coefficient (Wildman–Crippen LogP) is 3.96. The maximum atomic E-state index is 13.4. The fourth-order valence-electron chi connectivity index (χ4n) is 3.00. The SMILES string of the molecule is COc1ccc(-c2nc(-c3ccc(F)cc3)c(-c3cc[nH]c(=O)c3)n2O)cc1. The highest BCUT2D eigenvalue weighted by atomic mass is 19.1. The van der Waals surface area contributed by atoms with Crippen LogP contribution >= 0.6 is 0 Å². The standard InChI is InChI=1S/C21H16FN3O3/c1-28-17-8-4-14(5-9-17)21-24-19(13-2-6-16(22)7-3-13)20(25(21)27)15-10-11-23-18(26)12-15/h2-12,27H,1H3,(H,23,26). The van der Waals surface area contributed by atoms with Crippen molar-refractivity contribution in [2.24, 2.45) is 0 Å². The van der Waals surface area contributed by atoms with Crippen molar-refractivity contribution in [3.8, 4) is 39.7 Å². The van der Waals surface area contributed by atoms with Crippen LogP contribution in [-0.2, 0) is 0 Å². The Morgan fingerprint density at radius 2 is 1.68 bits per heavy atom.